The molecule has 1 aromatic rings. The first-order valence-electron chi connectivity index (χ1n) is 5.87. The number of carbonyl (C=O) groups excluding carboxylic acids is 1. The molecule has 17 heavy (non-hydrogen) atoms. The van der Waals surface area contributed by atoms with E-state index in [9.17, 15) is 9.18 Å². The first-order valence-corrected chi connectivity index (χ1v) is 5.87. The Kier molecular flexibility index (Phi) is 4.49. The molecule has 0 aromatic heterocycles. The van der Waals surface area contributed by atoms with Gasteiger partial charge in [0, 0.05) is 18.3 Å². The summed E-state index contributed by atoms with van der Waals surface area (Å²) in [7, 11) is 0. The van der Waals surface area contributed by atoms with Crippen LogP contribution in [-0.2, 0) is 0 Å². The predicted octanol–water partition coefficient (Wildman–Crippen LogP) is 2.67. The van der Waals surface area contributed by atoms with Gasteiger partial charge in [-0.2, -0.15) is 0 Å². The third-order valence-electron chi connectivity index (χ3n) is 2.97. The number of carbonyl (C=O) groups is 1. The zero-order valence-corrected chi connectivity index (χ0v) is 10.5. The minimum atomic E-state index is -0.425. The smallest absolute Gasteiger partial charge is 0.256 e. The average molecular weight is 238 g/mol. The van der Waals surface area contributed by atoms with Crippen LogP contribution in [0.3, 0.4) is 0 Å². The average Bonchev–Trinajstić information content (AvgIpc) is 2.29. The van der Waals surface area contributed by atoms with Gasteiger partial charge in [-0.15, -0.1) is 0 Å². The molecule has 0 aliphatic carbocycles. The lowest BCUT2D eigenvalue weighted by molar-refractivity contribution is 0.0701. The molecule has 4 heteroatoms. The van der Waals surface area contributed by atoms with Gasteiger partial charge < -0.3 is 10.6 Å². The van der Waals surface area contributed by atoms with Crippen molar-refractivity contribution in [3.8, 4) is 0 Å². The molecule has 0 radical (unpaired) electrons. The Morgan fingerprint density at radius 3 is 2.59 bits per heavy atom. The third kappa shape index (κ3) is 2.96. The van der Waals surface area contributed by atoms with E-state index in [-0.39, 0.29) is 17.6 Å². The Morgan fingerprint density at radius 1 is 1.47 bits per heavy atom. The van der Waals surface area contributed by atoms with E-state index < -0.39 is 5.82 Å². The number of rotatable bonds is 4. The lowest BCUT2D eigenvalue weighted by atomic mass is 10.1. The Labute approximate surface area is 101 Å². The highest BCUT2D eigenvalue weighted by Crippen LogP contribution is 2.17. The van der Waals surface area contributed by atoms with E-state index >= 15 is 0 Å². The molecular weight excluding hydrogens is 219 g/mol. The highest BCUT2D eigenvalue weighted by Gasteiger charge is 2.20. The van der Waals surface area contributed by atoms with Gasteiger partial charge in [0.1, 0.15) is 5.82 Å². The van der Waals surface area contributed by atoms with Crippen molar-refractivity contribution in [2.75, 3.05) is 12.3 Å². The number of nitrogens with two attached hydrogens (primary N) is 1. The zero-order valence-electron chi connectivity index (χ0n) is 10.5. The normalized spacial score (nSPS) is 12.2. The molecule has 0 fully saturated rings. The summed E-state index contributed by atoms with van der Waals surface area (Å²) < 4.78 is 12.9. The number of hydrogen-bond acceptors (Lipinski definition) is 2. The molecule has 0 saturated carbocycles. The van der Waals surface area contributed by atoms with Crippen LogP contribution in [0.15, 0.2) is 18.2 Å². The van der Waals surface area contributed by atoms with Gasteiger partial charge in [-0.1, -0.05) is 6.92 Å². The van der Waals surface area contributed by atoms with Crippen molar-refractivity contribution in [1.82, 2.24) is 4.90 Å². The zero-order chi connectivity index (χ0) is 13.0. The molecule has 0 aliphatic rings. The second-order valence-corrected chi connectivity index (χ2v) is 4.08. The number of hydrogen-bond donors (Lipinski definition) is 1. The van der Waals surface area contributed by atoms with Gasteiger partial charge in [0.05, 0.1) is 5.56 Å². The van der Waals surface area contributed by atoms with Gasteiger partial charge in [-0.25, -0.2) is 4.39 Å². The van der Waals surface area contributed by atoms with E-state index in [4.69, 9.17) is 5.73 Å². The van der Waals surface area contributed by atoms with E-state index in [1.165, 1.54) is 18.2 Å². The fourth-order valence-electron chi connectivity index (χ4n) is 1.76. The fraction of sp³-hybridized carbons (Fsp3) is 0.462. The van der Waals surface area contributed by atoms with Crippen molar-refractivity contribution in [1.29, 1.82) is 0 Å². The molecule has 3 nitrogen and oxygen atoms in total. The van der Waals surface area contributed by atoms with E-state index in [0.717, 1.165) is 6.42 Å². The molecule has 1 unspecified atom stereocenters. The minimum Gasteiger partial charge on any atom is -0.398 e. The Balaban J connectivity index is 3.02. The largest absolute Gasteiger partial charge is 0.398 e. The maximum atomic E-state index is 12.9. The maximum absolute atomic E-state index is 12.9. The maximum Gasteiger partial charge on any atom is 0.256 e. The van der Waals surface area contributed by atoms with Gasteiger partial charge in [0.15, 0.2) is 0 Å². The molecule has 0 saturated heterocycles. The minimum absolute atomic E-state index is 0.139. The highest BCUT2D eigenvalue weighted by atomic mass is 19.1. The van der Waals surface area contributed by atoms with Gasteiger partial charge in [-0.3, -0.25) is 4.79 Å². The SMILES string of the molecule is CCC(C)N(CC)C(=O)c1ccc(F)cc1N. The number of anilines is 1. The van der Waals surface area contributed by atoms with Gasteiger partial charge in [0.25, 0.3) is 5.91 Å². The van der Waals surface area contributed by atoms with Crippen LogP contribution in [0.2, 0.25) is 0 Å². The fourth-order valence-corrected chi connectivity index (χ4v) is 1.76. The summed E-state index contributed by atoms with van der Waals surface area (Å²) in [4.78, 5) is 14.0. The molecule has 2 N–H and O–H groups in total. The Bertz CT molecular complexity index is 406. The van der Waals surface area contributed by atoms with Crippen molar-refractivity contribution in [2.24, 2.45) is 0 Å². The second-order valence-electron chi connectivity index (χ2n) is 4.08. The number of halogens is 1. The topological polar surface area (TPSA) is 46.3 Å². The van der Waals surface area contributed by atoms with Gasteiger partial charge >= 0.3 is 0 Å². The quantitative estimate of drug-likeness (QED) is 0.820. The van der Waals surface area contributed by atoms with Crippen LogP contribution >= 0.6 is 0 Å². The number of nitrogen functional groups attached to an aromatic ring is 1. The van der Waals surface area contributed by atoms with E-state index in [0.29, 0.717) is 12.1 Å². The molecular formula is C13H19FN2O. The van der Waals surface area contributed by atoms with Gasteiger partial charge in [0.2, 0.25) is 0 Å². The van der Waals surface area contributed by atoms with Crippen molar-refractivity contribution in [2.45, 2.75) is 33.2 Å². The number of nitrogens with zero attached hydrogens (tertiary/aromatic N) is 1. The van der Waals surface area contributed by atoms with Crippen molar-refractivity contribution >= 4 is 11.6 Å². The summed E-state index contributed by atoms with van der Waals surface area (Å²) in [5.74, 6) is -0.565. The van der Waals surface area contributed by atoms with E-state index in [2.05, 4.69) is 0 Å². The number of amides is 1. The lowest BCUT2D eigenvalue weighted by Gasteiger charge is -2.27. The molecule has 1 atom stereocenters. The summed E-state index contributed by atoms with van der Waals surface area (Å²) in [6, 6.07) is 4.03. The van der Waals surface area contributed by atoms with E-state index in [1.54, 1.807) is 4.90 Å². The highest BCUT2D eigenvalue weighted by molar-refractivity contribution is 5.99. The summed E-state index contributed by atoms with van der Waals surface area (Å²) >= 11 is 0. The molecule has 0 bridgehead atoms. The van der Waals surface area contributed by atoms with Crippen LogP contribution in [0.25, 0.3) is 0 Å². The molecule has 0 heterocycles. The van der Waals surface area contributed by atoms with Crippen LogP contribution < -0.4 is 5.73 Å². The molecule has 1 aromatic carbocycles. The van der Waals surface area contributed by atoms with Crippen LogP contribution in [0.4, 0.5) is 10.1 Å². The standard InChI is InChI=1S/C13H19FN2O/c1-4-9(3)16(5-2)13(17)11-7-6-10(14)8-12(11)15/h6-9H,4-5,15H2,1-3H3. The molecule has 1 amide bonds. The summed E-state index contributed by atoms with van der Waals surface area (Å²) in [5.41, 5.74) is 6.23. The van der Waals surface area contributed by atoms with Crippen LogP contribution in [0.5, 0.6) is 0 Å². The molecule has 1 rings (SSSR count). The predicted molar refractivity (Wildman–Crippen MR) is 67.3 cm³/mol. The summed E-state index contributed by atoms with van der Waals surface area (Å²) in [5, 5.41) is 0. The summed E-state index contributed by atoms with van der Waals surface area (Å²) in [6.07, 6.45) is 0.876. The monoisotopic (exact) mass is 238 g/mol. The second kappa shape index (κ2) is 5.66. The molecule has 0 aliphatic heterocycles. The van der Waals surface area contributed by atoms with Crippen LogP contribution in [0, 0.1) is 5.82 Å². The summed E-state index contributed by atoms with van der Waals surface area (Å²) in [6.45, 7) is 6.55. The Morgan fingerprint density at radius 2 is 2.12 bits per heavy atom. The molecule has 0 spiro atoms. The first-order chi connectivity index (χ1) is 8.01. The lowest BCUT2D eigenvalue weighted by Crippen LogP contribution is -2.38. The van der Waals surface area contributed by atoms with Crippen LogP contribution in [-0.4, -0.2) is 23.4 Å². The number of benzene rings is 1. The first kappa shape index (κ1) is 13.5. The van der Waals surface area contributed by atoms with Crippen molar-refractivity contribution < 1.29 is 9.18 Å². The molecule has 94 valence electrons. The Hall–Kier alpha value is -1.58. The van der Waals surface area contributed by atoms with Gasteiger partial charge in [-0.05, 0) is 38.5 Å². The van der Waals surface area contributed by atoms with Crippen molar-refractivity contribution in [3.63, 3.8) is 0 Å². The van der Waals surface area contributed by atoms with Crippen LogP contribution in [0.1, 0.15) is 37.6 Å². The van der Waals surface area contributed by atoms with Crippen molar-refractivity contribution in [3.05, 3.63) is 29.6 Å². The third-order valence-corrected chi connectivity index (χ3v) is 2.97. The van der Waals surface area contributed by atoms with E-state index in [1.807, 2.05) is 20.8 Å².